The zero-order valence-corrected chi connectivity index (χ0v) is 20.9. The van der Waals surface area contributed by atoms with Gasteiger partial charge in [-0.25, -0.2) is 4.39 Å². The first-order valence-corrected chi connectivity index (χ1v) is 12.1. The minimum absolute atomic E-state index is 0.180. The molecule has 2 N–H and O–H groups in total. The molecule has 11 heteroatoms. The molecule has 1 fully saturated rings. The Labute approximate surface area is 221 Å². The molecule has 1 saturated heterocycles. The third kappa shape index (κ3) is 6.98. The van der Waals surface area contributed by atoms with Crippen LogP contribution in [0.3, 0.4) is 0 Å². The number of rotatable bonds is 9. The van der Waals surface area contributed by atoms with Crippen LogP contribution in [0.1, 0.15) is 5.56 Å². The minimum Gasteiger partial charge on any atom is -0.497 e. The second-order valence-electron chi connectivity index (χ2n) is 7.96. The summed E-state index contributed by atoms with van der Waals surface area (Å²) < 4.78 is 23.5. The molecule has 1 aliphatic rings. The standard InChI is InChI=1S/C27H22FN3O6S/c1-36-21-12-8-20(9-13-21)29-24(32)15-31-26(34)23(38-27(31)35)14-17-2-10-22(11-3-17)37-16-25(33)30-19-6-4-18(28)5-7-19/h2-14H,15-16H2,1H3,(H,29,32)(H,30,33)/b23-14+. The number of imide groups is 1. The normalized spacial score (nSPS) is 13.9. The predicted octanol–water partition coefficient (Wildman–Crippen LogP) is 4.53. The fourth-order valence-electron chi connectivity index (χ4n) is 3.35. The highest BCUT2D eigenvalue weighted by Crippen LogP contribution is 2.32. The van der Waals surface area contributed by atoms with E-state index in [4.69, 9.17) is 9.47 Å². The number of carbonyl (C=O) groups is 4. The number of nitrogens with zero attached hydrogens (tertiary/aromatic N) is 1. The molecule has 1 heterocycles. The molecule has 0 unspecified atom stereocenters. The van der Waals surface area contributed by atoms with E-state index in [9.17, 15) is 23.6 Å². The van der Waals surface area contributed by atoms with Gasteiger partial charge in [-0.2, -0.15) is 0 Å². The summed E-state index contributed by atoms with van der Waals surface area (Å²) in [5.41, 5.74) is 1.58. The Morgan fingerprint density at radius 2 is 1.45 bits per heavy atom. The summed E-state index contributed by atoms with van der Waals surface area (Å²) >= 11 is 0.744. The van der Waals surface area contributed by atoms with Gasteiger partial charge in [0.1, 0.15) is 23.9 Å². The Balaban J connectivity index is 1.29. The average Bonchev–Trinajstić information content (AvgIpc) is 3.17. The summed E-state index contributed by atoms with van der Waals surface area (Å²) in [7, 11) is 1.53. The summed E-state index contributed by atoms with van der Waals surface area (Å²) in [5, 5.41) is 4.69. The first-order valence-electron chi connectivity index (χ1n) is 11.3. The fourth-order valence-corrected chi connectivity index (χ4v) is 4.18. The quantitative estimate of drug-likeness (QED) is 0.387. The van der Waals surface area contributed by atoms with Crippen molar-refractivity contribution >= 4 is 52.2 Å². The number of benzene rings is 3. The summed E-state index contributed by atoms with van der Waals surface area (Å²) in [5.74, 6) is -0.846. The van der Waals surface area contributed by atoms with Crippen molar-refractivity contribution in [3.05, 3.63) is 89.1 Å². The van der Waals surface area contributed by atoms with E-state index in [1.165, 1.54) is 37.5 Å². The Morgan fingerprint density at radius 1 is 0.868 bits per heavy atom. The van der Waals surface area contributed by atoms with Crippen molar-refractivity contribution in [2.24, 2.45) is 0 Å². The van der Waals surface area contributed by atoms with Gasteiger partial charge in [0.15, 0.2) is 6.61 Å². The van der Waals surface area contributed by atoms with Gasteiger partial charge in [0.05, 0.1) is 12.0 Å². The number of anilines is 2. The van der Waals surface area contributed by atoms with Crippen LogP contribution in [-0.4, -0.2) is 48.1 Å². The Kier molecular flexibility index (Phi) is 8.39. The van der Waals surface area contributed by atoms with E-state index in [-0.39, 0.29) is 11.5 Å². The van der Waals surface area contributed by atoms with Crippen molar-refractivity contribution in [2.75, 3.05) is 30.9 Å². The number of thioether (sulfide) groups is 1. The van der Waals surface area contributed by atoms with Gasteiger partial charge in [-0.1, -0.05) is 12.1 Å². The summed E-state index contributed by atoms with van der Waals surface area (Å²) in [4.78, 5) is 50.5. The lowest BCUT2D eigenvalue weighted by Gasteiger charge is -2.12. The lowest BCUT2D eigenvalue weighted by atomic mass is 10.2. The van der Waals surface area contributed by atoms with Crippen molar-refractivity contribution in [1.82, 2.24) is 4.90 Å². The van der Waals surface area contributed by atoms with Gasteiger partial charge in [0, 0.05) is 11.4 Å². The minimum atomic E-state index is -0.567. The number of halogens is 1. The molecule has 4 rings (SSSR count). The molecule has 3 aromatic rings. The van der Waals surface area contributed by atoms with Crippen molar-refractivity contribution in [2.45, 2.75) is 0 Å². The molecule has 38 heavy (non-hydrogen) atoms. The van der Waals surface area contributed by atoms with Gasteiger partial charge < -0.3 is 20.1 Å². The zero-order valence-electron chi connectivity index (χ0n) is 20.1. The van der Waals surface area contributed by atoms with E-state index in [1.807, 2.05) is 0 Å². The van der Waals surface area contributed by atoms with Crippen LogP contribution in [0.25, 0.3) is 6.08 Å². The monoisotopic (exact) mass is 535 g/mol. The van der Waals surface area contributed by atoms with E-state index in [1.54, 1.807) is 48.5 Å². The van der Waals surface area contributed by atoms with Crippen LogP contribution in [0.2, 0.25) is 0 Å². The largest absolute Gasteiger partial charge is 0.497 e. The third-order valence-corrected chi connectivity index (χ3v) is 6.13. The molecule has 0 spiro atoms. The number of nitrogens with one attached hydrogen (secondary N) is 2. The van der Waals surface area contributed by atoms with Gasteiger partial charge in [-0.05, 0) is 84.1 Å². The van der Waals surface area contributed by atoms with Crippen molar-refractivity contribution < 1.29 is 33.0 Å². The molecule has 0 radical (unpaired) electrons. The number of hydrogen-bond donors (Lipinski definition) is 2. The van der Waals surface area contributed by atoms with Crippen LogP contribution in [-0.2, 0) is 14.4 Å². The molecular weight excluding hydrogens is 513 g/mol. The molecule has 4 amide bonds. The highest BCUT2D eigenvalue weighted by molar-refractivity contribution is 8.18. The number of amides is 4. The van der Waals surface area contributed by atoms with Crippen LogP contribution >= 0.6 is 11.8 Å². The maximum atomic E-state index is 13.0. The SMILES string of the molecule is COc1ccc(NC(=O)CN2C(=O)S/C(=C/c3ccc(OCC(=O)Nc4ccc(F)cc4)cc3)C2=O)cc1. The van der Waals surface area contributed by atoms with E-state index < -0.39 is 35.3 Å². The molecule has 194 valence electrons. The van der Waals surface area contributed by atoms with Gasteiger partial charge in [0.25, 0.3) is 17.1 Å². The van der Waals surface area contributed by atoms with Crippen LogP contribution in [0.4, 0.5) is 20.6 Å². The van der Waals surface area contributed by atoms with Gasteiger partial charge in [0.2, 0.25) is 5.91 Å². The average molecular weight is 536 g/mol. The van der Waals surface area contributed by atoms with Gasteiger partial charge in [-0.15, -0.1) is 0 Å². The van der Waals surface area contributed by atoms with Gasteiger partial charge >= 0.3 is 0 Å². The zero-order chi connectivity index (χ0) is 27.1. The van der Waals surface area contributed by atoms with Crippen LogP contribution in [0, 0.1) is 5.82 Å². The smallest absolute Gasteiger partial charge is 0.294 e. The molecule has 0 atom stereocenters. The highest BCUT2D eigenvalue weighted by atomic mass is 32.2. The molecular formula is C27H22FN3O6S. The lowest BCUT2D eigenvalue weighted by molar-refractivity contribution is -0.127. The summed E-state index contributed by atoms with van der Waals surface area (Å²) in [6.07, 6.45) is 1.54. The van der Waals surface area contributed by atoms with Crippen molar-refractivity contribution in [1.29, 1.82) is 0 Å². The van der Waals surface area contributed by atoms with E-state index in [2.05, 4.69) is 10.6 Å². The first kappa shape index (κ1) is 26.4. The fraction of sp³-hybridized carbons (Fsp3) is 0.111. The summed E-state index contributed by atoms with van der Waals surface area (Å²) in [6, 6.07) is 18.6. The molecule has 9 nitrogen and oxygen atoms in total. The second kappa shape index (κ2) is 12.1. The lowest BCUT2D eigenvalue weighted by Crippen LogP contribution is -2.36. The molecule has 3 aromatic carbocycles. The van der Waals surface area contributed by atoms with Crippen LogP contribution in [0.15, 0.2) is 77.7 Å². The maximum Gasteiger partial charge on any atom is 0.294 e. The Morgan fingerprint density at radius 3 is 2.08 bits per heavy atom. The predicted molar refractivity (Wildman–Crippen MR) is 141 cm³/mol. The Bertz CT molecular complexity index is 1380. The van der Waals surface area contributed by atoms with Gasteiger partial charge in [-0.3, -0.25) is 24.1 Å². The molecule has 0 bridgehead atoms. The van der Waals surface area contributed by atoms with E-state index in [0.29, 0.717) is 28.4 Å². The van der Waals surface area contributed by atoms with E-state index in [0.717, 1.165) is 16.7 Å². The number of methoxy groups -OCH3 is 1. The Hall–Kier alpha value is -4.64. The van der Waals surface area contributed by atoms with Crippen molar-refractivity contribution in [3.63, 3.8) is 0 Å². The first-order chi connectivity index (χ1) is 18.3. The topological polar surface area (TPSA) is 114 Å². The van der Waals surface area contributed by atoms with E-state index >= 15 is 0 Å². The van der Waals surface area contributed by atoms with Crippen LogP contribution < -0.4 is 20.1 Å². The molecule has 0 aromatic heterocycles. The number of carbonyl (C=O) groups excluding carboxylic acids is 4. The van der Waals surface area contributed by atoms with Crippen molar-refractivity contribution in [3.8, 4) is 11.5 Å². The summed E-state index contributed by atoms with van der Waals surface area (Å²) in [6.45, 7) is -0.672. The molecule has 1 aliphatic heterocycles. The molecule has 0 saturated carbocycles. The number of hydrogen-bond acceptors (Lipinski definition) is 7. The van der Waals surface area contributed by atoms with Crippen LogP contribution in [0.5, 0.6) is 11.5 Å². The maximum absolute atomic E-state index is 13.0. The highest BCUT2D eigenvalue weighted by Gasteiger charge is 2.36. The second-order valence-corrected chi connectivity index (χ2v) is 8.95. The number of ether oxygens (including phenoxy) is 2. The molecule has 0 aliphatic carbocycles. The third-order valence-electron chi connectivity index (χ3n) is 5.22.